The number of carbonyl (C=O) groups is 1. The van der Waals surface area contributed by atoms with E-state index >= 15 is 0 Å². The second kappa shape index (κ2) is 6.54. The number of nitrogens with zero attached hydrogens (tertiary/aromatic N) is 1. The summed E-state index contributed by atoms with van der Waals surface area (Å²) in [7, 11) is 0. The summed E-state index contributed by atoms with van der Waals surface area (Å²) in [5.41, 5.74) is 1.16. The van der Waals surface area contributed by atoms with Crippen molar-refractivity contribution in [3.8, 4) is 0 Å². The van der Waals surface area contributed by atoms with E-state index in [1.807, 2.05) is 0 Å². The van der Waals surface area contributed by atoms with Crippen LogP contribution in [0.25, 0.3) is 6.08 Å². The average molecular weight is 387 g/mol. The lowest BCUT2D eigenvalue weighted by Crippen LogP contribution is -2.06. The third-order valence-corrected chi connectivity index (χ3v) is 4.41. The van der Waals surface area contributed by atoms with Gasteiger partial charge in [-0.3, -0.25) is 0 Å². The maximum absolute atomic E-state index is 12.0. The molecule has 116 valence electrons. The van der Waals surface area contributed by atoms with E-state index in [2.05, 4.69) is 4.99 Å². The number of carbonyl (C=O) groups excluding carboxylic acids is 1. The van der Waals surface area contributed by atoms with Crippen molar-refractivity contribution in [2.45, 2.75) is 0 Å². The molecule has 0 atom stereocenters. The molecule has 0 unspecified atom stereocenters. The van der Waals surface area contributed by atoms with Crippen molar-refractivity contribution in [1.29, 1.82) is 0 Å². The van der Waals surface area contributed by atoms with Gasteiger partial charge in [0.25, 0.3) is 0 Å². The molecule has 7 heteroatoms. The number of esters is 1. The van der Waals surface area contributed by atoms with E-state index in [-0.39, 0.29) is 11.6 Å². The Bertz CT molecular complexity index is 854. The first kappa shape index (κ1) is 16.3. The zero-order valence-electron chi connectivity index (χ0n) is 11.3. The van der Waals surface area contributed by atoms with Crippen molar-refractivity contribution in [3.63, 3.8) is 0 Å². The SMILES string of the molecule is O=C1OC(c2c(Cl)cccc2Cl)=NC1=Cc1ccc(Cl)c(Cl)c1. The number of hydrogen-bond donors (Lipinski definition) is 0. The van der Waals surface area contributed by atoms with E-state index in [1.165, 1.54) is 0 Å². The normalized spacial score (nSPS) is 15.7. The van der Waals surface area contributed by atoms with E-state index in [0.29, 0.717) is 31.2 Å². The molecule has 2 aromatic rings. The molecule has 3 nitrogen and oxygen atoms in total. The predicted molar refractivity (Wildman–Crippen MR) is 93.5 cm³/mol. The van der Waals surface area contributed by atoms with Gasteiger partial charge in [-0.15, -0.1) is 0 Å². The Morgan fingerprint density at radius 2 is 1.61 bits per heavy atom. The quantitative estimate of drug-likeness (QED) is 0.494. The van der Waals surface area contributed by atoms with E-state index in [9.17, 15) is 4.79 Å². The number of rotatable bonds is 2. The van der Waals surface area contributed by atoms with E-state index in [1.54, 1.807) is 42.5 Å². The van der Waals surface area contributed by atoms with E-state index in [4.69, 9.17) is 51.1 Å². The van der Waals surface area contributed by atoms with Crippen molar-refractivity contribution in [3.05, 3.63) is 73.3 Å². The molecule has 0 N–H and O–H groups in total. The lowest BCUT2D eigenvalue weighted by molar-refractivity contribution is -0.129. The van der Waals surface area contributed by atoms with Gasteiger partial charge in [-0.25, -0.2) is 9.79 Å². The van der Waals surface area contributed by atoms with Crippen molar-refractivity contribution in [2.75, 3.05) is 0 Å². The third-order valence-electron chi connectivity index (χ3n) is 3.04. The van der Waals surface area contributed by atoms with Gasteiger partial charge in [0.2, 0.25) is 5.90 Å². The summed E-state index contributed by atoms with van der Waals surface area (Å²) < 4.78 is 5.16. The molecule has 0 aliphatic carbocycles. The van der Waals surface area contributed by atoms with Crippen LogP contribution in [0.2, 0.25) is 20.1 Å². The molecule has 0 radical (unpaired) electrons. The highest BCUT2D eigenvalue weighted by molar-refractivity contribution is 6.42. The van der Waals surface area contributed by atoms with Gasteiger partial charge in [0, 0.05) is 0 Å². The molecule has 0 amide bonds. The van der Waals surface area contributed by atoms with Crippen LogP contribution in [-0.4, -0.2) is 11.9 Å². The zero-order valence-corrected chi connectivity index (χ0v) is 14.3. The molecule has 2 aromatic carbocycles. The molecule has 0 saturated carbocycles. The molecule has 0 saturated heterocycles. The standard InChI is InChI=1S/C16H7Cl4NO2/c17-9-5-4-8(6-12(9)20)7-13-16(22)23-15(21-13)14-10(18)2-1-3-11(14)19/h1-7H. The first-order chi connectivity index (χ1) is 11.0. The van der Waals surface area contributed by atoms with Gasteiger partial charge in [0.1, 0.15) is 0 Å². The zero-order chi connectivity index (χ0) is 16.6. The van der Waals surface area contributed by atoms with E-state index in [0.717, 1.165) is 0 Å². The molecule has 0 fully saturated rings. The van der Waals surface area contributed by atoms with Crippen LogP contribution < -0.4 is 0 Å². The van der Waals surface area contributed by atoms with Gasteiger partial charge < -0.3 is 4.74 Å². The summed E-state index contributed by atoms with van der Waals surface area (Å²) in [6, 6.07) is 9.94. The van der Waals surface area contributed by atoms with Gasteiger partial charge in [0.15, 0.2) is 5.70 Å². The molecule has 1 aliphatic rings. The largest absolute Gasteiger partial charge is 0.402 e. The Balaban J connectivity index is 2.01. The Hall–Kier alpha value is -1.52. The van der Waals surface area contributed by atoms with Crippen molar-refractivity contribution in [2.24, 2.45) is 4.99 Å². The summed E-state index contributed by atoms with van der Waals surface area (Å²) in [5.74, 6) is -0.529. The minimum absolute atomic E-state index is 0.0666. The highest BCUT2D eigenvalue weighted by Crippen LogP contribution is 2.30. The molecule has 1 heterocycles. The number of benzene rings is 2. The van der Waals surface area contributed by atoms with Crippen LogP contribution >= 0.6 is 46.4 Å². The molecule has 0 aromatic heterocycles. The van der Waals surface area contributed by atoms with Crippen LogP contribution in [0.15, 0.2) is 47.1 Å². The van der Waals surface area contributed by atoms with Crippen LogP contribution in [0.1, 0.15) is 11.1 Å². The maximum Gasteiger partial charge on any atom is 0.363 e. The van der Waals surface area contributed by atoms with Crippen LogP contribution in [0.4, 0.5) is 0 Å². The molecule has 3 rings (SSSR count). The van der Waals surface area contributed by atoms with Crippen molar-refractivity contribution in [1.82, 2.24) is 0 Å². The van der Waals surface area contributed by atoms with Crippen LogP contribution in [-0.2, 0) is 9.53 Å². The smallest absolute Gasteiger partial charge is 0.363 e. The summed E-state index contributed by atoms with van der Waals surface area (Å²) in [4.78, 5) is 16.2. The third kappa shape index (κ3) is 3.38. The summed E-state index contributed by atoms with van der Waals surface area (Å²) in [6.07, 6.45) is 1.54. The fraction of sp³-hybridized carbons (Fsp3) is 0. The fourth-order valence-corrected chi connectivity index (χ4v) is 2.84. The molecule has 1 aliphatic heterocycles. The fourth-order valence-electron chi connectivity index (χ4n) is 1.98. The lowest BCUT2D eigenvalue weighted by atomic mass is 10.2. The Morgan fingerprint density at radius 3 is 2.26 bits per heavy atom. The first-order valence-electron chi connectivity index (χ1n) is 6.37. The average Bonchev–Trinajstić information content (AvgIpc) is 2.83. The Kier molecular flexibility index (Phi) is 4.64. The van der Waals surface area contributed by atoms with Gasteiger partial charge in [-0.2, -0.15) is 0 Å². The number of halogens is 4. The second-order valence-corrected chi connectivity index (χ2v) is 6.24. The number of hydrogen-bond acceptors (Lipinski definition) is 3. The summed E-state index contributed by atoms with van der Waals surface area (Å²) in [5, 5.41) is 1.50. The van der Waals surface area contributed by atoms with Crippen LogP contribution in [0.3, 0.4) is 0 Å². The number of ether oxygens (including phenoxy) is 1. The highest BCUT2D eigenvalue weighted by atomic mass is 35.5. The molecular formula is C16H7Cl4NO2. The number of aliphatic imine (C=N–C) groups is 1. The van der Waals surface area contributed by atoms with Crippen molar-refractivity contribution >= 4 is 64.3 Å². The molecule has 0 bridgehead atoms. The summed E-state index contributed by atoms with van der Waals surface area (Å²) >= 11 is 24.0. The number of cyclic esters (lactones) is 1. The topological polar surface area (TPSA) is 38.7 Å². The second-order valence-electron chi connectivity index (χ2n) is 4.61. The van der Waals surface area contributed by atoms with Gasteiger partial charge >= 0.3 is 5.97 Å². The monoisotopic (exact) mass is 385 g/mol. The van der Waals surface area contributed by atoms with E-state index < -0.39 is 5.97 Å². The minimum atomic E-state index is -0.595. The Labute approximate surface area is 152 Å². The van der Waals surface area contributed by atoms with Crippen LogP contribution in [0, 0.1) is 0 Å². The Morgan fingerprint density at radius 1 is 0.913 bits per heavy atom. The molecule has 23 heavy (non-hydrogen) atoms. The maximum atomic E-state index is 12.0. The molecule has 0 spiro atoms. The van der Waals surface area contributed by atoms with Crippen molar-refractivity contribution < 1.29 is 9.53 Å². The lowest BCUT2D eigenvalue weighted by Gasteiger charge is -2.04. The van der Waals surface area contributed by atoms with Gasteiger partial charge in [0.05, 0.1) is 25.7 Å². The minimum Gasteiger partial charge on any atom is -0.402 e. The van der Waals surface area contributed by atoms with Gasteiger partial charge in [-0.05, 0) is 35.9 Å². The first-order valence-corrected chi connectivity index (χ1v) is 7.89. The van der Waals surface area contributed by atoms with Gasteiger partial charge in [-0.1, -0.05) is 58.5 Å². The highest BCUT2D eigenvalue weighted by Gasteiger charge is 2.27. The van der Waals surface area contributed by atoms with Crippen LogP contribution in [0.5, 0.6) is 0 Å². The summed E-state index contributed by atoms with van der Waals surface area (Å²) in [6.45, 7) is 0. The molecular weight excluding hydrogens is 380 g/mol. The predicted octanol–water partition coefficient (Wildman–Crippen LogP) is 5.64.